The number of ketones is 4. The van der Waals surface area contributed by atoms with Gasteiger partial charge in [-0.25, -0.2) is 9.59 Å². The SMILES string of the molecule is C=CCNC(=O)C(=O)C(CCC)NC(=O)[C@@H]1[C@@H]2[C@H](CN1C(=O)[C@@H](NC(=O)N[C@H](C(=O)c1ccc(N(C)C)cc1)C1CCCCC1)C(C)(C)C)C2(C)C.C=CCNC(=O)C(=O)C(CCCC)NC(=O)[C@@H]1[C@@H]2[C@H](CN1C(=O)[C@@H](NC(=O)N[C@H](C(=O)C1CC1)C1CCCCC1)C(C)(C)C)C2(C)C. The molecule has 99 heavy (non-hydrogen) atoms. The largest absolute Gasteiger partial charge is 0.378 e. The van der Waals surface area contributed by atoms with Crippen LogP contribution < -0.4 is 47.4 Å². The predicted octanol–water partition coefficient (Wildman–Crippen LogP) is 7.89. The van der Waals surface area contributed by atoms with Crippen molar-refractivity contribution in [1.82, 2.24) is 52.3 Å². The van der Waals surface area contributed by atoms with Crippen molar-refractivity contribution in [1.29, 1.82) is 0 Å². The van der Waals surface area contributed by atoms with Crippen LogP contribution in [0.15, 0.2) is 49.6 Å². The summed E-state index contributed by atoms with van der Waals surface area (Å²) >= 11 is 0. The summed E-state index contributed by atoms with van der Waals surface area (Å²) in [5.74, 6) is -4.95. The maximum atomic E-state index is 14.5. The first-order chi connectivity index (χ1) is 46.6. The summed E-state index contributed by atoms with van der Waals surface area (Å²) in [7, 11) is 3.86. The summed E-state index contributed by atoms with van der Waals surface area (Å²) in [5, 5.41) is 22.4. The highest BCUT2D eigenvalue weighted by Gasteiger charge is 2.71. The van der Waals surface area contributed by atoms with Crippen LogP contribution in [-0.2, 0) is 43.2 Å². The summed E-state index contributed by atoms with van der Waals surface area (Å²) < 4.78 is 0. The number of unbranched alkanes of at least 4 members (excludes halogenated alkanes) is 1. The van der Waals surface area contributed by atoms with Gasteiger partial charge < -0.3 is 57.2 Å². The van der Waals surface area contributed by atoms with Crippen LogP contribution in [0.3, 0.4) is 0 Å². The number of hydrogen-bond acceptors (Lipinski definition) is 13. The number of nitrogens with zero attached hydrogens (tertiary/aromatic N) is 3. The van der Waals surface area contributed by atoms with Gasteiger partial charge in [-0.15, -0.1) is 13.2 Å². The third-order valence-electron chi connectivity index (χ3n) is 22.3. The molecule has 2 aliphatic heterocycles. The Bertz CT molecular complexity index is 3150. The lowest BCUT2D eigenvalue weighted by Crippen LogP contribution is -2.62. The highest BCUT2D eigenvalue weighted by Crippen LogP contribution is 2.66. The van der Waals surface area contributed by atoms with Crippen molar-refractivity contribution in [3.63, 3.8) is 0 Å². The molecular formula is C76H117N11O12. The molecule has 10 amide bonds. The van der Waals surface area contributed by atoms with Crippen LogP contribution in [0.25, 0.3) is 0 Å². The number of piperidine rings is 2. The van der Waals surface area contributed by atoms with Gasteiger partial charge in [-0.05, 0) is 133 Å². The van der Waals surface area contributed by atoms with E-state index in [2.05, 4.69) is 83.4 Å². The first-order valence-corrected chi connectivity index (χ1v) is 36.6. The number of nitrogens with one attached hydrogen (secondary N) is 8. The summed E-state index contributed by atoms with van der Waals surface area (Å²) in [6, 6.07) is -0.970. The smallest absolute Gasteiger partial charge is 0.316 e. The van der Waals surface area contributed by atoms with Crippen molar-refractivity contribution in [2.45, 2.75) is 241 Å². The fraction of sp³-hybridized carbons (Fsp3) is 0.711. The minimum Gasteiger partial charge on any atom is -0.378 e. The molecule has 12 atom stereocenters. The van der Waals surface area contributed by atoms with E-state index < -0.39 is 112 Å². The Morgan fingerprint density at radius 2 is 0.949 bits per heavy atom. The lowest BCUT2D eigenvalue weighted by Gasteiger charge is -2.38. The van der Waals surface area contributed by atoms with E-state index in [1.807, 2.05) is 86.5 Å². The zero-order valence-electron chi connectivity index (χ0n) is 61.6. The molecule has 2 heterocycles. The molecule has 5 aliphatic carbocycles. The molecule has 1 aromatic rings. The number of carbonyl (C=O) groups is 12. The Morgan fingerprint density at radius 1 is 0.545 bits per heavy atom. The Morgan fingerprint density at radius 3 is 1.32 bits per heavy atom. The highest BCUT2D eigenvalue weighted by atomic mass is 16.2. The number of rotatable bonds is 30. The zero-order chi connectivity index (χ0) is 73.2. The number of Topliss-reactive ketones (excluding diaryl/α,β-unsaturated/α-hetero) is 4. The molecule has 1 aromatic carbocycles. The number of anilines is 1. The van der Waals surface area contributed by atoms with Crippen LogP contribution in [0, 0.1) is 63.1 Å². The van der Waals surface area contributed by atoms with Crippen molar-refractivity contribution >= 4 is 76.3 Å². The Balaban J connectivity index is 0.000000280. The molecular weight excluding hydrogens is 1260 g/mol. The lowest BCUT2D eigenvalue weighted by molar-refractivity contribution is -0.145. The average molecular weight is 1380 g/mol. The van der Waals surface area contributed by atoms with Gasteiger partial charge in [0.05, 0.1) is 24.2 Å². The van der Waals surface area contributed by atoms with Gasteiger partial charge in [-0.1, -0.05) is 153 Å². The molecule has 23 heteroatoms. The van der Waals surface area contributed by atoms with Gasteiger partial charge in [0, 0.05) is 57.4 Å². The highest BCUT2D eigenvalue weighted by molar-refractivity contribution is 6.39. The van der Waals surface area contributed by atoms with E-state index in [0.717, 1.165) is 89.2 Å². The second-order valence-electron chi connectivity index (χ2n) is 32.6. The molecule has 5 saturated carbocycles. The van der Waals surface area contributed by atoms with Crippen molar-refractivity contribution in [3.8, 4) is 0 Å². The number of likely N-dealkylation sites (tertiary alicyclic amines) is 2. The second kappa shape index (κ2) is 33.3. The van der Waals surface area contributed by atoms with Crippen LogP contribution in [0.2, 0.25) is 0 Å². The maximum absolute atomic E-state index is 14.5. The molecule has 548 valence electrons. The molecule has 0 radical (unpaired) electrons. The maximum Gasteiger partial charge on any atom is 0.316 e. The molecule has 0 aromatic heterocycles. The molecule has 0 spiro atoms. The normalized spacial score (nSPS) is 23.9. The topological polar surface area (TPSA) is 311 Å². The summed E-state index contributed by atoms with van der Waals surface area (Å²) in [5.41, 5.74) is -0.378. The number of hydrogen-bond donors (Lipinski definition) is 8. The van der Waals surface area contributed by atoms with Crippen molar-refractivity contribution in [3.05, 3.63) is 55.1 Å². The van der Waals surface area contributed by atoms with E-state index in [-0.39, 0.29) is 89.2 Å². The minimum atomic E-state index is -1.05. The standard InChI is InChI=1S/C40H60N6O6.C36H57N5O6/c1-10-15-28(33(48)36(50)41-22-11-2)42-35(49)31-29-27(40(29,6)7)23-46(31)37(51)34(39(3,4)5)44-38(52)43-30(24-16-13-12-14-17-24)32(47)25-18-20-26(21-19-25)45(8)9;1-8-10-16-24(29(43)32(45)37-19-9-2)38-31(44)27-25-23(36(25,6)7)20-41(27)33(46)30(35(3,4)5)40-34(47)39-26(28(42)22-17-18-22)21-14-12-11-13-15-21/h11,18-21,24,27-31,34H,2,10,12-17,22-23H2,1,3-9H3,(H,41,50)(H,42,49)(H2,43,44,52);9,21-27,30H,2,8,10-20H2,1,3-7H3,(H,37,45)(H,38,44)(H2,39,40,47)/t27-,28?,29-,30-,31-,34+;23-,24?,25-,26-,27-,30+/m00/s1. The first-order valence-electron chi connectivity index (χ1n) is 36.6. The lowest BCUT2D eigenvalue weighted by atomic mass is 9.81. The molecule has 8 N–H and O–H groups in total. The molecule has 7 fully saturated rings. The molecule has 0 bridgehead atoms. The van der Waals surface area contributed by atoms with Crippen LogP contribution in [0.4, 0.5) is 15.3 Å². The number of amides is 10. The van der Waals surface area contributed by atoms with Gasteiger partial charge in [-0.2, -0.15) is 0 Å². The third kappa shape index (κ3) is 19.1. The fourth-order valence-electron chi connectivity index (χ4n) is 15.9. The average Bonchev–Trinajstić information content (AvgIpc) is 1.53. The van der Waals surface area contributed by atoms with Gasteiger partial charge >= 0.3 is 12.1 Å². The fourth-order valence-corrected chi connectivity index (χ4v) is 15.9. The van der Waals surface area contributed by atoms with E-state index in [9.17, 15) is 57.5 Å². The van der Waals surface area contributed by atoms with Crippen LogP contribution in [0.1, 0.15) is 203 Å². The van der Waals surface area contributed by atoms with Crippen molar-refractivity contribution in [2.75, 3.05) is 45.2 Å². The molecule has 23 nitrogen and oxygen atoms in total. The van der Waals surface area contributed by atoms with E-state index in [4.69, 9.17) is 0 Å². The minimum absolute atomic E-state index is 0.00215. The first kappa shape index (κ1) is 78.9. The Labute approximate surface area is 587 Å². The van der Waals surface area contributed by atoms with Crippen LogP contribution in [0.5, 0.6) is 0 Å². The van der Waals surface area contributed by atoms with Crippen molar-refractivity contribution < 1.29 is 57.5 Å². The second-order valence-corrected chi connectivity index (χ2v) is 32.6. The van der Waals surface area contributed by atoms with Gasteiger partial charge in [-0.3, -0.25) is 47.9 Å². The van der Waals surface area contributed by atoms with E-state index in [0.29, 0.717) is 37.9 Å². The van der Waals surface area contributed by atoms with Crippen LogP contribution in [-0.4, -0.2) is 169 Å². The van der Waals surface area contributed by atoms with Gasteiger partial charge in [0.25, 0.3) is 11.8 Å². The Kier molecular flexibility index (Phi) is 26.6. The molecule has 2 saturated heterocycles. The zero-order valence-corrected chi connectivity index (χ0v) is 61.6. The van der Waals surface area contributed by atoms with Crippen molar-refractivity contribution in [2.24, 2.45) is 63.1 Å². The number of urea groups is 2. The van der Waals surface area contributed by atoms with Gasteiger partial charge in [0.15, 0.2) is 11.6 Å². The van der Waals surface area contributed by atoms with E-state index in [1.54, 1.807) is 17.0 Å². The molecule has 2 unspecified atom stereocenters. The van der Waals surface area contributed by atoms with Gasteiger partial charge in [0.1, 0.15) is 24.2 Å². The molecule has 8 rings (SSSR count). The van der Waals surface area contributed by atoms with Gasteiger partial charge in [0.2, 0.25) is 35.2 Å². The summed E-state index contributed by atoms with van der Waals surface area (Å²) in [6.45, 7) is 31.3. The molecule has 7 aliphatic rings. The summed E-state index contributed by atoms with van der Waals surface area (Å²) in [6.07, 6.45) is 16.8. The monoisotopic (exact) mass is 1380 g/mol. The number of carbonyl (C=O) groups excluding carboxylic acids is 12. The number of benzene rings is 1. The third-order valence-corrected chi connectivity index (χ3v) is 22.3. The predicted molar refractivity (Wildman–Crippen MR) is 381 cm³/mol. The Hall–Kier alpha value is -7.46. The number of fused-ring (bicyclic) bond motifs is 2. The quantitative estimate of drug-likeness (QED) is 0.0207. The van der Waals surface area contributed by atoms with Crippen LogP contribution >= 0.6 is 0 Å². The van der Waals surface area contributed by atoms with E-state index >= 15 is 0 Å². The summed E-state index contributed by atoms with van der Waals surface area (Å²) in [4.78, 5) is 168. The van der Waals surface area contributed by atoms with E-state index in [1.165, 1.54) is 17.1 Å².